The number of carbonyl (C=O) groups is 1. The van der Waals surface area contributed by atoms with Crippen molar-refractivity contribution in [3.63, 3.8) is 0 Å². The number of aromatic amines is 1. The van der Waals surface area contributed by atoms with Crippen LogP contribution < -0.4 is 10.6 Å². The topological polar surface area (TPSA) is 119 Å². The molecule has 2 aliphatic rings. The third-order valence-corrected chi connectivity index (χ3v) is 6.53. The molecule has 38 heavy (non-hydrogen) atoms. The normalized spacial score (nSPS) is 14.4. The van der Waals surface area contributed by atoms with E-state index in [0.717, 1.165) is 78.3 Å². The Balaban J connectivity index is 0.000000620. The third kappa shape index (κ3) is 4.61. The molecule has 2 aliphatic heterocycles. The molecule has 0 atom stereocenters. The molecule has 9 heteroatoms. The molecule has 0 fully saturated rings. The number of carboxylic acid groups (broad SMARTS) is 1. The highest BCUT2D eigenvalue weighted by molar-refractivity contribution is 6.05. The Morgan fingerprint density at radius 1 is 0.868 bits per heavy atom. The highest BCUT2D eigenvalue weighted by atomic mass is 16.4. The van der Waals surface area contributed by atoms with Gasteiger partial charge in [0.05, 0.1) is 18.8 Å². The van der Waals surface area contributed by atoms with Gasteiger partial charge in [0, 0.05) is 71.8 Å². The second-order valence-corrected chi connectivity index (χ2v) is 9.18. The minimum absolute atomic E-state index is 0.830. The summed E-state index contributed by atoms with van der Waals surface area (Å²) in [5, 5.41) is 15.3. The van der Waals surface area contributed by atoms with E-state index in [1.165, 1.54) is 16.5 Å². The molecule has 9 nitrogen and oxygen atoms in total. The predicted octanol–water partition coefficient (Wildman–Crippen LogP) is 3.94. The number of hydrogen-bond acceptors (Lipinski definition) is 6. The Hall–Kier alpha value is -4.92. The molecule has 4 N–H and O–H groups in total. The quantitative estimate of drug-likeness (QED) is 0.295. The van der Waals surface area contributed by atoms with Crippen LogP contribution in [-0.2, 0) is 4.79 Å². The monoisotopic (exact) mass is 505 g/mol. The van der Waals surface area contributed by atoms with Gasteiger partial charge in [-0.15, -0.1) is 0 Å². The van der Waals surface area contributed by atoms with Gasteiger partial charge in [0.25, 0.3) is 5.97 Å². The summed E-state index contributed by atoms with van der Waals surface area (Å²) in [7, 11) is 0. The van der Waals surface area contributed by atoms with Gasteiger partial charge in [-0.2, -0.15) is 0 Å². The molecule has 5 heterocycles. The fraction of sp³-hybridized carbons (Fsp3) is 0.172. The number of aliphatic imine (C=N–C) groups is 2. The largest absolute Gasteiger partial charge is 0.481 e. The van der Waals surface area contributed by atoms with Crippen LogP contribution in [0, 0.1) is 0 Å². The van der Waals surface area contributed by atoms with Crippen LogP contribution in [0.5, 0.6) is 0 Å². The van der Waals surface area contributed by atoms with E-state index in [4.69, 9.17) is 14.9 Å². The first-order valence-electron chi connectivity index (χ1n) is 12.5. The van der Waals surface area contributed by atoms with Crippen LogP contribution in [0.4, 0.5) is 0 Å². The van der Waals surface area contributed by atoms with Gasteiger partial charge in [-0.05, 0) is 23.8 Å². The van der Waals surface area contributed by atoms with Gasteiger partial charge in [0.15, 0.2) is 0 Å². The lowest BCUT2D eigenvalue weighted by atomic mass is 10.0. The molecule has 0 saturated heterocycles. The van der Waals surface area contributed by atoms with Crippen molar-refractivity contribution in [3.05, 3.63) is 84.3 Å². The van der Waals surface area contributed by atoms with Crippen molar-refractivity contribution in [1.82, 2.24) is 25.0 Å². The van der Waals surface area contributed by atoms with E-state index < -0.39 is 5.97 Å². The number of rotatable bonds is 4. The number of fused-ring (bicyclic) bond motifs is 2. The summed E-state index contributed by atoms with van der Waals surface area (Å²) >= 11 is 0. The maximum absolute atomic E-state index is 9.00. The number of benzene rings is 2. The summed E-state index contributed by atoms with van der Waals surface area (Å²) in [4.78, 5) is 26.3. The number of aliphatic carboxylic acids is 1. The summed E-state index contributed by atoms with van der Waals surface area (Å²) in [6.07, 6.45) is 6.20. The maximum atomic E-state index is 9.00. The Bertz CT molecular complexity index is 1710. The highest BCUT2D eigenvalue weighted by Gasteiger charge is 2.13. The van der Waals surface area contributed by atoms with Crippen molar-refractivity contribution < 1.29 is 9.90 Å². The molecule has 0 radical (unpaired) electrons. The van der Waals surface area contributed by atoms with E-state index in [1.807, 2.05) is 6.20 Å². The summed E-state index contributed by atoms with van der Waals surface area (Å²) in [6.45, 7) is 4.57. The molecule has 0 aliphatic carbocycles. The number of nitrogens with zero attached hydrogens (tertiary/aromatic N) is 4. The molecular weight excluding hydrogens is 478 g/mol. The Kier molecular flexibility index (Phi) is 6.09. The average molecular weight is 506 g/mol. The molecular formula is C29H27N7O2. The van der Waals surface area contributed by atoms with Crippen molar-refractivity contribution in [1.29, 1.82) is 0 Å². The van der Waals surface area contributed by atoms with Crippen molar-refractivity contribution in [2.75, 3.05) is 26.2 Å². The molecule has 0 unspecified atom stereocenters. The first-order valence-corrected chi connectivity index (χ1v) is 12.5. The first kappa shape index (κ1) is 23.5. The summed E-state index contributed by atoms with van der Waals surface area (Å²) in [5.74, 6) is 1.10. The first-order chi connectivity index (χ1) is 18.5. The predicted molar refractivity (Wildman–Crippen MR) is 150 cm³/mol. The molecule has 190 valence electrons. The van der Waals surface area contributed by atoms with Crippen LogP contribution in [0.15, 0.2) is 83.2 Å². The zero-order chi connectivity index (χ0) is 26.1. The van der Waals surface area contributed by atoms with E-state index in [9.17, 15) is 0 Å². The third-order valence-electron chi connectivity index (χ3n) is 6.53. The van der Waals surface area contributed by atoms with Gasteiger partial charge in [0.1, 0.15) is 17.3 Å². The summed E-state index contributed by atoms with van der Waals surface area (Å²) in [5.41, 5.74) is 8.66. The molecule has 0 spiro atoms. The lowest BCUT2D eigenvalue weighted by Crippen LogP contribution is -2.19. The van der Waals surface area contributed by atoms with Crippen LogP contribution in [-0.4, -0.2) is 63.3 Å². The van der Waals surface area contributed by atoms with Gasteiger partial charge in [0.2, 0.25) is 0 Å². The number of imidazole rings is 1. The Labute approximate surface area is 219 Å². The summed E-state index contributed by atoms with van der Waals surface area (Å²) in [6, 6.07) is 19.3. The van der Waals surface area contributed by atoms with Crippen LogP contribution in [0.3, 0.4) is 0 Å². The minimum Gasteiger partial charge on any atom is -0.481 e. The van der Waals surface area contributed by atoms with Crippen molar-refractivity contribution in [3.8, 4) is 22.4 Å². The molecule has 7 rings (SSSR count). The average Bonchev–Trinajstić information content (AvgIpc) is 3.74. The van der Waals surface area contributed by atoms with Gasteiger partial charge >= 0.3 is 0 Å². The lowest BCUT2D eigenvalue weighted by Gasteiger charge is -2.04. The number of hydrogen-bond donors (Lipinski definition) is 4. The standard InChI is InChI=1S/C27H23N7.C2H4O2/c1-3-18(24-16-34-12-7-20(14-25(34)33-24)27-30-10-11-31-27)4-2-17(1)22-15-32-23-13-19(5-6-21(22)23)26-28-8-9-29-26;1-2(3)4/h1-7,12-16,32H,8-11H2,(H,28,29)(H,30,31);1H3,(H,3,4). The van der Waals surface area contributed by atoms with Crippen molar-refractivity contribution in [2.45, 2.75) is 6.92 Å². The van der Waals surface area contributed by atoms with Crippen molar-refractivity contribution in [2.24, 2.45) is 9.98 Å². The fourth-order valence-corrected chi connectivity index (χ4v) is 4.78. The van der Waals surface area contributed by atoms with Gasteiger partial charge < -0.3 is 25.1 Å². The van der Waals surface area contributed by atoms with E-state index >= 15 is 0 Å². The van der Waals surface area contributed by atoms with E-state index in [0.29, 0.717) is 0 Å². The van der Waals surface area contributed by atoms with Crippen LogP contribution >= 0.6 is 0 Å². The minimum atomic E-state index is -0.833. The Morgan fingerprint density at radius 3 is 2.16 bits per heavy atom. The smallest absolute Gasteiger partial charge is 0.300 e. The number of carboxylic acids is 1. The molecule has 0 bridgehead atoms. The number of pyridine rings is 1. The Morgan fingerprint density at radius 2 is 1.50 bits per heavy atom. The molecule has 0 amide bonds. The zero-order valence-corrected chi connectivity index (χ0v) is 20.9. The number of nitrogens with one attached hydrogen (secondary N) is 3. The van der Waals surface area contributed by atoms with E-state index in [2.05, 4.69) is 97.0 Å². The van der Waals surface area contributed by atoms with Gasteiger partial charge in [-0.25, -0.2) is 4.98 Å². The van der Waals surface area contributed by atoms with E-state index in [1.54, 1.807) is 0 Å². The molecule has 5 aromatic rings. The second-order valence-electron chi connectivity index (χ2n) is 9.18. The van der Waals surface area contributed by atoms with Crippen LogP contribution in [0.25, 0.3) is 38.9 Å². The van der Waals surface area contributed by atoms with Gasteiger partial charge in [-0.1, -0.05) is 36.4 Å². The number of amidine groups is 2. The molecule has 3 aromatic heterocycles. The summed E-state index contributed by atoms with van der Waals surface area (Å²) < 4.78 is 2.06. The molecule has 0 saturated carbocycles. The van der Waals surface area contributed by atoms with Crippen LogP contribution in [0.2, 0.25) is 0 Å². The fourth-order valence-electron chi connectivity index (χ4n) is 4.78. The molecule has 2 aromatic carbocycles. The zero-order valence-electron chi connectivity index (χ0n) is 20.9. The lowest BCUT2D eigenvalue weighted by molar-refractivity contribution is -0.134. The highest BCUT2D eigenvalue weighted by Crippen LogP contribution is 2.31. The number of aromatic nitrogens is 3. The number of H-pyrrole nitrogens is 1. The second kappa shape index (κ2) is 9.85. The van der Waals surface area contributed by atoms with Crippen LogP contribution in [0.1, 0.15) is 18.1 Å². The maximum Gasteiger partial charge on any atom is 0.300 e. The van der Waals surface area contributed by atoms with Gasteiger partial charge in [-0.3, -0.25) is 14.8 Å². The van der Waals surface area contributed by atoms with Crippen molar-refractivity contribution >= 4 is 34.2 Å². The SMILES string of the molecule is CC(=O)O.c1cc2c(-c3ccc(-c4cn5ccc(C6=NCCN6)cc5n4)cc3)c[nH]c2cc1C1=NCCN1. The van der Waals surface area contributed by atoms with E-state index in [-0.39, 0.29) is 0 Å².